The minimum Gasteiger partial charge on any atom is -0.461 e. The van der Waals surface area contributed by atoms with Crippen LogP contribution in [0.15, 0.2) is 70.1 Å². The lowest BCUT2D eigenvalue weighted by Gasteiger charge is -2.15. The predicted molar refractivity (Wildman–Crippen MR) is 126 cm³/mol. The van der Waals surface area contributed by atoms with Crippen LogP contribution in [-0.2, 0) is 6.42 Å². The summed E-state index contributed by atoms with van der Waals surface area (Å²) in [5, 5.41) is 17.4. The molecule has 1 aromatic heterocycles. The number of aliphatic hydroxyl groups excluding tert-OH is 1. The lowest BCUT2D eigenvalue weighted by Crippen LogP contribution is -2.38. The molecule has 6 heteroatoms. The molecule has 5 nitrogen and oxygen atoms in total. The number of fused-ring (bicyclic) bond motifs is 1. The van der Waals surface area contributed by atoms with E-state index in [4.69, 9.17) is 4.42 Å². The second-order valence-electron chi connectivity index (χ2n) is 6.44. The Morgan fingerprint density at radius 2 is 1.82 bits per heavy atom. The first-order valence-corrected chi connectivity index (χ1v) is 9.45. The number of aliphatic imine (C=N–C) groups is 1. The van der Waals surface area contributed by atoms with E-state index in [0.717, 1.165) is 47.8 Å². The minimum absolute atomic E-state index is 0. The third-order valence-electron chi connectivity index (χ3n) is 4.45. The largest absolute Gasteiger partial charge is 0.461 e. The zero-order valence-electron chi connectivity index (χ0n) is 16.1. The highest BCUT2D eigenvalue weighted by Crippen LogP contribution is 2.19. The van der Waals surface area contributed by atoms with Gasteiger partial charge in [0.05, 0.1) is 13.2 Å². The van der Waals surface area contributed by atoms with E-state index in [2.05, 4.69) is 27.8 Å². The first-order valence-electron chi connectivity index (χ1n) is 9.45. The molecule has 3 rings (SSSR count). The van der Waals surface area contributed by atoms with E-state index in [-0.39, 0.29) is 36.5 Å². The average molecular weight is 493 g/mol. The summed E-state index contributed by atoms with van der Waals surface area (Å²) in [5.41, 5.74) is 2.02. The topological polar surface area (TPSA) is 69.8 Å². The highest BCUT2D eigenvalue weighted by Gasteiger charge is 2.10. The van der Waals surface area contributed by atoms with Crippen LogP contribution >= 0.6 is 24.0 Å². The lowest BCUT2D eigenvalue weighted by molar-refractivity contribution is 0.268. The van der Waals surface area contributed by atoms with Gasteiger partial charge in [-0.3, -0.25) is 4.99 Å². The van der Waals surface area contributed by atoms with Gasteiger partial charge in [-0.1, -0.05) is 48.5 Å². The van der Waals surface area contributed by atoms with Crippen LogP contribution in [0.3, 0.4) is 0 Å². The number of guanidine groups is 1. The molecule has 1 atom stereocenters. The number of hydrogen-bond donors (Lipinski definition) is 3. The molecule has 28 heavy (non-hydrogen) atoms. The van der Waals surface area contributed by atoms with Gasteiger partial charge in [0.25, 0.3) is 0 Å². The molecule has 0 spiro atoms. The minimum atomic E-state index is -0.00275. The molecule has 0 aliphatic rings. The van der Waals surface area contributed by atoms with Crippen molar-refractivity contribution in [1.82, 2.24) is 10.6 Å². The molecule has 0 fully saturated rings. The van der Waals surface area contributed by atoms with Crippen molar-refractivity contribution in [3.63, 3.8) is 0 Å². The molecule has 3 N–H and O–H groups in total. The first-order chi connectivity index (χ1) is 13.3. The van der Waals surface area contributed by atoms with E-state index in [1.54, 1.807) is 0 Å². The Bertz CT molecular complexity index is 831. The van der Waals surface area contributed by atoms with Gasteiger partial charge in [0, 0.05) is 30.8 Å². The van der Waals surface area contributed by atoms with Crippen LogP contribution in [0.5, 0.6) is 0 Å². The molecular formula is C22H28IN3O2. The van der Waals surface area contributed by atoms with Gasteiger partial charge >= 0.3 is 0 Å². The van der Waals surface area contributed by atoms with Gasteiger partial charge in [0.2, 0.25) is 0 Å². The van der Waals surface area contributed by atoms with Crippen LogP contribution in [0.1, 0.15) is 24.2 Å². The van der Waals surface area contributed by atoms with Gasteiger partial charge in [-0.25, -0.2) is 0 Å². The number of benzene rings is 2. The van der Waals surface area contributed by atoms with Crippen LogP contribution in [0.2, 0.25) is 0 Å². The highest BCUT2D eigenvalue weighted by atomic mass is 127. The number of para-hydroxylation sites is 1. The van der Waals surface area contributed by atoms with Crippen LogP contribution in [0.25, 0.3) is 11.0 Å². The molecule has 150 valence electrons. The smallest absolute Gasteiger partial charge is 0.191 e. The Balaban J connectivity index is 0.00000280. The fourth-order valence-electron chi connectivity index (χ4n) is 3.00. The first kappa shape index (κ1) is 22.2. The molecule has 1 heterocycles. The Hall–Kier alpha value is -2.06. The van der Waals surface area contributed by atoms with Crippen molar-refractivity contribution in [2.75, 3.05) is 26.2 Å². The molecule has 0 radical (unpaired) electrons. The standard InChI is InChI=1S/C22H27N3O2.HI/c1-2-23-22(25-15-19(16-26)17-8-4-3-5-9-17)24-13-12-20-14-18-10-6-7-11-21(18)27-20;/h3-11,14,19,26H,2,12-13,15-16H2,1H3,(H2,23,24,25);1H. The zero-order valence-corrected chi connectivity index (χ0v) is 18.4. The maximum Gasteiger partial charge on any atom is 0.191 e. The molecule has 0 aliphatic carbocycles. The van der Waals surface area contributed by atoms with Crippen LogP contribution < -0.4 is 10.6 Å². The third kappa shape index (κ3) is 6.24. The van der Waals surface area contributed by atoms with Crippen molar-refractivity contribution in [2.45, 2.75) is 19.3 Å². The van der Waals surface area contributed by atoms with Gasteiger partial charge in [-0.2, -0.15) is 0 Å². The zero-order chi connectivity index (χ0) is 18.9. The molecule has 2 aromatic carbocycles. The number of furan rings is 1. The Morgan fingerprint density at radius 3 is 2.54 bits per heavy atom. The molecule has 0 saturated carbocycles. The van der Waals surface area contributed by atoms with Crippen molar-refractivity contribution in [1.29, 1.82) is 0 Å². The number of nitrogens with one attached hydrogen (secondary N) is 2. The van der Waals surface area contributed by atoms with Crippen molar-refractivity contribution in [3.8, 4) is 0 Å². The summed E-state index contributed by atoms with van der Waals surface area (Å²) in [6.45, 7) is 4.15. The summed E-state index contributed by atoms with van der Waals surface area (Å²) >= 11 is 0. The van der Waals surface area contributed by atoms with Crippen molar-refractivity contribution in [2.24, 2.45) is 4.99 Å². The van der Waals surface area contributed by atoms with Gasteiger partial charge in [0.1, 0.15) is 11.3 Å². The fraction of sp³-hybridized carbons (Fsp3) is 0.318. The Labute approximate surface area is 183 Å². The summed E-state index contributed by atoms with van der Waals surface area (Å²) in [5.74, 6) is 1.71. The molecular weight excluding hydrogens is 465 g/mol. The molecule has 0 amide bonds. The highest BCUT2D eigenvalue weighted by molar-refractivity contribution is 14.0. The average Bonchev–Trinajstić information content (AvgIpc) is 3.12. The lowest BCUT2D eigenvalue weighted by atomic mass is 10.0. The van der Waals surface area contributed by atoms with Crippen molar-refractivity contribution in [3.05, 3.63) is 72.0 Å². The van der Waals surface area contributed by atoms with Crippen LogP contribution in [0.4, 0.5) is 0 Å². The summed E-state index contributed by atoms with van der Waals surface area (Å²) in [7, 11) is 0. The SMILES string of the molecule is CCNC(=NCC(CO)c1ccccc1)NCCc1cc2ccccc2o1.I. The summed E-state index contributed by atoms with van der Waals surface area (Å²) in [4.78, 5) is 4.64. The van der Waals surface area contributed by atoms with Gasteiger partial charge in [-0.05, 0) is 24.6 Å². The van der Waals surface area contributed by atoms with Crippen LogP contribution in [0, 0.1) is 0 Å². The Morgan fingerprint density at radius 1 is 1.07 bits per heavy atom. The number of aliphatic hydroxyl groups is 1. The van der Waals surface area contributed by atoms with E-state index in [1.807, 2.05) is 55.5 Å². The van der Waals surface area contributed by atoms with E-state index in [1.165, 1.54) is 0 Å². The van der Waals surface area contributed by atoms with Gasteiger partial charge in [-0.15, -0.1) is 24.0 Å². The second-order valence-corrected chi connectivity index (χ2v) is 6.44. The summed E-state index contributed by atoms with van der Waals surface area (Å²) in [6.07, 6.45) is 0.779. The normalized spacial score (nSPS) is 12.4. The molecule has 1 unspecified atom stereocenters. The Kier molecular flexibility index (Phi) is 9.30. The van der Waals surface area contributed by atoms with Crippen LogP contribution in [-0.4, -0.2) is 37.3 Å². The van der Waals surface area contributed by atoms with Crippen molar-refractivity contribution < 1.29 is 9.52 Å². The fourth-order valence-corrected chi connectivity index (χ4v) is 3.00. The van der Waals surface area contributed by atoms with E-state index < -0.39 is 0 Å². The van der Waals surface area contributed by atoms with Gasteiger partial charge < -0.3 is 20.2 Å². The quantitative estimate of drug-likeness (QED) is 0.253. The third-order valence-corrected chi connectivity index (χ3v) is 4.45. The number of hydrogen-bond acceptors (Lipinski definition) is 3. The van der Waals surface area contributed by atoms with Gasteiger partial charge in [0.15, 0.2) is 5.96 Å². The number of nitrogens with zero attached hydrogens (tertiary/aromatic N) is 1. The molecule has 3 aromatic rings. The van der Waals surface area contributed by atoms with Crippen molar-refractivity contribution >= 4 is 40.9 Å². The van der Waals surface area contributed by atoms with E-state index in [9.17, 15) is 5.11 Å². The predicted octanol–water partition coefficient (Wildman–Crippen LogP) is 3.92. The van der Waals surface area contributed by atoms with E-state index >= 15 is 0 Å². The van der Waals surface area contributed by atoms with E-state index in [0.29, 0.717) is 6.54 Å². The monoisotopic (exact) mass is 493 g/mol. The maximum absolute atomic E-state index is 9.69. The maximum atomic E-state index is 9.69. The second kappa shape index (κ2) is 11.7. The number of halogens is 1. The summed E-state index contributed by atoms with van der Waals surface area (Å²) in [6, 6.07) is 20.1. The molecule has 0 aliphatic heterocycles. The number of rotatable bonds is 8. The summed E-state index contributed by atoms with van der Waals surface area (Å²) < 4.78 is 5.85. The molecule has 0 saturated heterocycles. The molecule has 0 bridgehead atoms.